The van der Waals surface area contributed by atoms with Crippen LogP contribution in [0.3, 0.4) is 0 Å². The van der Waals surface area contributed by atoms with Crippen LogP contribution in [0, 0.1) is 6.92 Å². The molecule has 2 aromatic rings. The van der Waals surface area contributed by atoms with Gasteiger partial charge < -0.3 is 5.32 Å². The summed E-state index contributed by atoms with van der Waals surface area (Å²) in [6.07, 6.45) is 4.00. The van der Waals surface area contributed by atoms with E-state index in [-0.39, 0.29) is 6.04 Å². The highest BCUT2D eigenvalue weighted by Gasteiger charge is 2.16. The molecule has 0 fully saturated rings. The number of nitrogens with one attached hydrogen (secondary N) is 1. The van der Waals surface area contributed by atoms with Crippen LogP contribution in [0.1, 0.15) is 36.8 Å². The Bertz CT molecular complexity index is 504. The number of aryl methyl sites for hydroxylation is 2. The maximum absolute atomic E-state index is 4.60. The second kappa shape index (κ2) is 5.78. The molecule has 0 bridgehead atoms. The van der Waals surface area contributed by atoms with E-state index in [9.17, 15) is 0 Å². The van der Waals surface area contributed by atoms with Gasteiger partial charge in [0.15, 0.2) is 0 Å². The van der Waals surface area contributed by atoms with Crippen molar-refractivity contribution in [3.05, 3.63) is 47.5 Å². The van der Waals surface area contributed by atoms with Gasteiger partial charge in [0.1, 0.15) is 0 Å². The molecule has 2 aromatic heterocycles. The zero-order valence-corrected chi connectivity index (χ0v) is 11.2. The van der Waals surface area contributed by atoms with Crippen LogP contribution in [0.4, 0.5) is 0 Å². The Balaban J connectivity index is 2.33. The second-order valence-corrected chi connectivity index (χ2v) is 4.32. The van der Waals surface area contributed by atoms with Crippen LogP contribution >= 0.6 is 0 Å². The Morgan fingerprint density at radius 1 is 1.33 bits per heavy atom. The molecule has 0 spiro atoms. The van der Waals surface area contributed by atoms with Crippen LogP contribution in [0.5, 0.6) is 0 Å². The molecule has 0 radical (unpaired) electrons. The van der Waals surface area contributed by atoms with Gasteiger partial charge in [-0.2, -0.15) is 5.10 Å². The van der Waals surface area contributed by atoms with Gasteiger partial charge in [-0.05, 0) is 32.5 Å². The zero-order chi connectivity index (χ0) is 13.0. The third-order valence-corrected chi connectivity index (χ3v) is 2.92. The lowest BCUT2D eigenvalue weighted by molar-refractivity contribution is 0.610. The molecule has 4 nitrogen and oxygen atoms in total. The molecule has 0 amide bonds. The van der Waals surface area contributed by atoms with Crippen molar-refractivity contribution in [1.82, 2.24) is 20.1 Å². The molecule has 2 rings (SSSR count). The molecule has 0 aliphatic rings. The average Bonchev–Trinajstić information content (AvgIpc) is 2.84. The van der Waals surface area contributed by atoms with E-state index < -0.39 is 0 Å². The summed E-state index contributed by atoms with van der Waals surface area (Å²) in [5, 5.41) is 7.80. The predicted molar refractivity (Wildman–Crippen MR) is 72.4 cm³/mol. The summed E-state index contributed by atoms with van der Waals surface area (Å²) < 4.78 is 1.94. The highest BCUT2D eigenvalue weighted by atomic mass is 15.3. The number of nitrogens with zero attached hydrogens (tertiary/aromatic N) is 3. The normalized spacial score (nSPS) is 12.6. The monoisotopic (exact) mass is 244 g/mol. The summed E-state index contributed by atoms with van der Waals surface area (Å²) in [6, 6.07) is 6.24. The Morgan fingerprint density at radius 3 is 2.78 bits per heavy atom. The minimum Gasteiger partial charge on any atom is -0.305 e. The van der Waals surface area contributed by atoms with Gasteiger partial charge in [0.2, 0.25) is 0 Å². The molecule has 0 aromatic carbocycles. The topological polar surface area (TPSA) is 42.7 Å². The first-order valence-corrected chi connectivity index (χ1v) is 6.43. The molecule has 0 aliphatic heterocycles. The van der Waals surface area contributed by atoms with Crippen LogP contribution in [-0.4, -0.2) is 21.3 Å². The van der Waals surface area contributed by atoms with Crippen molar-refractivity contribution in [2.24, 2.45) is 0 Å². The predicted octanol–water partition coefficient (Wildman–Crippen LogP) is 2.31. The summed E-state index contributed by atoms with van der Waals surface area (Å²) in [5.41, 5.74) is 3.25. The molecule has 0 aliphatic carbocycles. The minimum absolute atomic E-state index is 0.121. The van der Waals surface area contributed by atoms with Crippen molar-refractivity contribution in [3.8, 4) is 0 Å². The highest BCUT2D eigenvalue weighted by molar-refractivity contribution is 5.25. The van der Waals surface area contributed by atoms with Gasteiger partial charge in [0, 0.05) is 24.0 Å². The molecule has 4 heteroatoms. The SMILES string of the molecule is CCNC(c1cnn(CC)c1)c1cccc(C)n1. The lowest BCUT2D eigenvalue weighted by Gasteiger charge is -2.16. The lowest BCUT2D eigenvalue weighted by Crippen LogP contribution is -2.22. The fourth-order valence-electron chi connectivity index (χ4n) is 2.02. The van der Waals surface area contributed by atoms with E-state index in [2.05, 4.69) is 41.5 Å². The van der Waals surface area contributed by atoms with Crippen molar-refractivity contribution in [2.45, 2.75) is 33.4 Å². The molecule has 1 unspecified atom stereocenters. The van der Waals surface area contributed by atoms with E-state index in [1.165, 1.54) is 0 Å². The fourth-order valence-corrected chi connectivity index (χ4v) is 2.02. The number of pyridine rings is 1. The standard InChI is InChI=1S/C14H20N4/c1-4-15-14(12-9-16-18(5-2)10-12)13-8-6-7-11(3)17-13/h6-10,14-15H,4-5H2,1-3H3. The van der Waals surface area contributed by atoms with E-state index in [4.69, 9.17) is 0 Å². The summed E-state index contributed by atoms with van der Waals surface area (Å²) in [6.45, 7) is 8.00. The van der Waals surface area contributed by atoms with Crippen molar-refractivity contribution in [3.63, 3.8) is 0 Å². The third-order valence-electron chi connectivity index (χ3n) is 2.92. The molecule has 0 saturated carbocycles. The third kappa shape index (κ3) is 2.76. The molecule has 2 heterocycles. The van der Waals surface area contributed by atoms with E-state index >= 15 is 0 Å². The van der Waals surface area contributed by atoms with E-state index in [1.54, 1.807) is 0 Å². The van der Waals surface area contributed by atoms with E-state index in [0.29, 0.717) is 0 Å². The van der Waals surface area contributed by atoms with Gasteiger partial charge in [-0.15, -0.1) is 0 Å². The summed E-state index contributed by atoms with van der Waals surface area (Å²) in [5.74, 6) is 0. The summed E-state index contributed by atoms with van der Waals surface area (Å²) in [7, 11) is 0. The maximum Gasteiger partial charge on any atom is 0.0782 e. The van der Waals surface area contributed by atoms with Crippen LogP contribution < -0.4 is 5.32 Å². The van der Waals surface area contributed by atoms with Crippen molar-refractivity contribution in [1.29, 1.82) is 0 Å². The van der Waals surface area contributed by atoms with Crippen LogP contribution in [0.25, 0.3) is 0 Å². The van der Waals surface area contributed by atoms with Gasteiger partial charge in [-0.1, -0.05) is 13.0 Å². The number of aromatic nitrogens is 3. The zero-order valence-electron chi connectivity index (χ0n) is 11.2. The van der Waals surface area contributed by atoms with Gasteiger partial charge in [0.25, 0.3) is 0 Å². The van der Waals surface area contributed by atoms with E-state index in [0.717, 1.165) is 30.0 Å². The van der Waals surface area contributed by atoms with Gasteiger partial charge in [0.05, 0.1) is 17.9 Å². The molecule has 18 heavy (non-hydrogen) atoms. The summed E-state index contributed by atoms with van der Waals surface area (Å²) >= 11 is 0. The second-order valence-electron chi connectivity index (χ2n) is 4.32. The first kappa shape index (κ1) is 12.8. The maximum atomic E-state index is 4.60. The number of hydrogen-bond donors (Lipinski definition) is 1. The lowest BCUT2D eigenvalue weighted by atomic mass is 10.1. The molecule has 1 atom stereocenters. The van der Waals surface area contributed by atoms with Crippen molar-refractivity contribution in [2.75, 3.05) is 6.54 Å². The Hall–Kier alpha value is -1.68. The largest absolute Gasteiger partial charge is 0.305 e. The molecule has 1 N–H and O–H groups in total. The quantitative estimate of drug-likeness (QED) is 0.877. The molecule has 0 saturated heterocycles. The highest BCUT2D eigenvalue weighted by Crippen LogP contribution is 2.20. The number of rotatable bonds is 5. The van der Waals surface area contributed by atoms with Crippen LogP contribution in [0.15, 0.2) is 30.6 Å². The van der Waals surface area contributed by atoms with Crippen molar-refractivity contribution < 1.29 is 0 Å². The summed E-state index contributed by atoms with van der Waals surface area (Å²) in [4.78, 5) is 4.60. The Kier molecular flexibility index (Phi) is 4.10. The molecular formula is C14H20N4. The minimum atomic E-state index is 0.121. The molecule has 96 valence electrons. The van der Waals surface area contributed by atoms with E-state index in [1.807, 2.05) is 29.9 Å². The van der Waals surface area contributed by atoms with Gasteiger partial charge in [-0.3, -0.25) is 9.67 Å². The fraction of sp³-hybridized carbons (Fsp3) is 0.429. The van der Waals surface area contributed by atoms with Crippen LogP contribution in [0.2, 0.25) is 0 Å². The Morgan fingerprint density at radius 2 is 2.17 bits per heavy atom. The van der Waals surface area contributed by atoms with Crippen LogP contribution in [-0.2, 0) is 6.54 Å². The smallest absolute Gasteiger partial charge is 0.0782 e. The Labute approximate surface area is 108 Å². The first-order chi connectivity index (χ1) is 8.74. The molecular weight excluding hydrogens is 224 g/mol. The van der Waals surface area contributed by atoms with Gasteiger partial charge >= 0.3 is 0 Å². The first-order valence-electron chi connectivity index (χ1n) is 6.43. The van der Waals surface area contributed by atoms with Gasteiger partial charge in [-0.25, -0.2) is 0 Å². The van der Waals surface area contributed by atoms with Crippen molar-refractivity contribution >= 4 is 0 Å². The average molecular weight is 244 g/mol. The number of hydrogen-bond acceptors (Lipinski definition) is 3.